The largest absolute Gasteiger partial charge is 0.369 e. The molecule has 2 aromatic rings. The topological polar surface area (TPSA) is 75.8 Å². The van der Waals surface area contributed by atoms with Crippen LogP contribution in [0.3, 0.4) is 0 Å². The zero-order chi connectivity index (χ0) is 21.8. The Morgan fingerprint density at radius 1 is 1.13 bits per heavy atom. The number of primary amides is 1. The van der Waals surface area contributed by atoms with Gasteiger partial charge in [-0.25, -0.2) is 4.99 Å². The smallest absolute Gasteiger partial charge is 0.283 e. The van der Waals surface area contributed by atoms with Gasteiger partial charge in [0.25, 0.3) is 5.91 Å². The molecule has 1 atom stereocenters. The molecule has 0 spiro atoms. The Balaban J connectivity index is 1.98. The molecule has 0 fully saturated rings. The van der Waals surface area contributed by atoms with E-state index in [1.165, 1.54) is 17.3 Å². The molecule has 2 N–H and O–H groups in total. The maximum atomic E-state index is 13.2. The number of anilines is 1. The number of thioether (sulfide) groups is 1. The summed E-state index contributed by atoms with van der Waals surface area (Å²) in [6.45, 7) is 8.17. The van der Waals surface area contributed by atoms with Crippen LogP contribution in [0.1, 0.15) is 49.8 Å². The molecule has 1 unspecified atom stereocenters. The highest BCUT2D eigenvalue weighted by Crippen LogP contribution is 2.32. The number of amides is 2. The van der Waals surface area contributed by atoms with Crippen molar-refractivity contribution in [3.05, 3.63) is 70.9 Å². The fraction of sp³-hybridized carbons (Fsp3) is 0.292. The van der Waals surface area contributed by atoms with Crippen molar-refractivity contribution >= 4 is 40.5 Å². The Kier molecular flexibility index (Phi) is 6.77. The minimum atomic E-state index is -0.450. The average Bonchev–Trinajstić information content (AvgIpc) is 3.02. The van der Waals surface area contributed by atoms with Gasteiger partial charge in [0.1, 0.15) is 5.70 Å². The van der Waals surface area contributed by atoms with Crippen molar-refractivity contribution in [1.29, 1.82) is 0 Å². The minimum Gasteiger partial charge on any atom is -0.369 e. The van der Waals surface area contributed by atoms with Crippen LogP contribution in [0, 0.1) is 6.92 Å². The van der Waals surface area contributed by atoms with Gasteiger partial charge in [-0.2, -0.15) is 0 Å². The van der Waals surface area contributed by atoms with Crippen LogP contribution in [0.4, 0.5) is 5.69 Å². The third-order valence-electron chi connectivity index (χ3n) is 4.96. The Morgan fingerprint density at radius 3 is 2.30 bits per heavy atom. The van der Waals surface area contributed by atoms with Crippen LogP contribution >= 0.6 is 11.8 Å². The first-order valence-electron chi connectivity index (χ1n) is 10.1. The van der Waals surface area contributed by atoms with Crippen molar-refractivity contribution in [3.63, 3.8) is 0 Å². The molecule has 1 aliphatic rings. The number of rotatable bonds is 6. The van der Waals surface area contributed by atoms with Crippen molar-refractivity contribution in [3.8, 4) is 0 Å². The number of nitrogens with zero attached hydrogens (tertiary/aromatic N) is 2. The van der Waals surface area contributed by atoms with Crippen LogP contribution in [0.15, 0.2) is 59.2 Å². The molecule has 156 valence electrons. The molecule has 30 heavy (non-hydrogen) atoms. The van der Waals surface area contributed by atoms with Crippen molar-refractivity contribution < 1.29 is 9.59 Å². The number of hydrogen-bond donors (Lipinski definition) is 1. The van der Waals surface area contributed by atoms with E-state index in [-0.39, 0.29) is 5.91 Å². The lowest BCUT2D eigenvalue weighted by Crippen LogP contribution is -2.34. The summed E-state index contributed by atoms with van der Waals surface area (Å²) >= 11 is 1.23. The zero-order valence-electron chi connectivity index (χ0n) is 17.8. The highest BCUT2D eigenvalue weighted by Gasteiger charge is 2.34. The van der Waals surface area contributed by atoms with Crippen molar-refractivity contribution in [2.75, 3.05) is 4.90 Å². The van der Waals surface area contributed by atoms with Gasteiger partial charge in [0.15, 0.2) is 5.17 Å². The lowest BCUT2D eigenvalue weighted by Gasteiger charge is -2.20. The van der Waals surface area contributed by atoms with E-state index in [9.17, 15) is 9.59 Å². The Bertz CT molecular complexity index is 992. The van der Waals surface area contributed by atoms with E-state index in [2.05, 4.69) is 31.0 Å². The summed E-state index contributed by atoms with van der Waals surface area (Å²) in [6.07, 6.45) is 2.34. The standard InChI is InChI=1S/C24H27N3O2S/c1-5-21(22(25)28)30-24-26-20(14-17-8-10-18(11-9-17)15(2)3)23(29)27(24)19-12-6-16(4)7-13-19/h6-15,21H,5H2,1-4H3,(H2,25,28)/b20-14+. The Morgan fingerprint density at radius 2 is 1.77 bits per heavy atom. The number of carbonyl (C=O) groups is 2. The second-order valence-electron chi connectivity index (χ2n) is 7.64. The van der Waals surface area contributed by atoms with E-state index in [1.807, 2.05) is 50.2 Å². The average molecular weight is 422 g/mol. The van der Waals surface area contributed by atoms with Gasteiger partial charge in [-0.1, -0.05) is 74.5 Å². The maximum Gasteiger partial charge on any atom is 0.283 e. The summed E-state index contributed by atoms with van der Waals surface area (Å²) in [6, 6.07) is 15.8. The molecule has 5 nitrogen and oxygen atoms in total. The molecular formula is C24H27N3O2S. The van der Waals surface area contributed by atoms with Gasteiger partial charge in [-0.15, -0.1) is 0 Å². The molecule has 0 bridgehead atoms. The van der Waals surface area contributed by atoms with Gasteiger partial charge in [0.2, 0.25) is 5.91 Å². The maximum absolute atomic E-state index is 13.2. The molecule has 0 radical (unpaired) electrons. The van der Waals surface area contributed by atoms with Crippen LogP contribution in [-0.2, 0) is 9.59 Å². The number of benzene rings is 2. The van der Waals surface area contributed by atoms with E-state index in [0.717, 1.165) is 16.8 Å². The number of amidine groups is 1. The Labute approximate surface area is 182 Å². The molecule has 1 aliphatic heterocycles. The Hall–Kier alpha value is -2.86. The highest BCUT2D eigenvalue weighted by molar-refractivity contribution is 8.15. The van der Waals surface area contributed by atoms with E-state index in [4.69, 9.17) is 5.73 Å². The van der Waals surface area contributed by atoms with Gasteiger partial charge in [-0.3, -0.25) is 14.5 Å². The molecule has 3 rings (SSSR count). The fourth-order valence-corrected chi connectivity index (χ4v) is 4.08. The highest BCUT2D eigenvalue weighted by atomic mass is 32.2. The zero-order valence-corrected chi connectivity index (χ0v) is 18.6. The number of nitrogens with two attached hydrogens (primary N) is 1. The molecular weight excluding hydrogens is 394 g/mol. The summed E-state index contributed by atoms with van der Waals surface area (Å²) in [4.78, 5) is 31.2. The number of aliphatic imine (C=N–C) groups is 1. The van der Waals surface area contributed by atoms with E-state index < -0.39 is 11.2 Å². The summed E-state index contributed by atoms with van der Waals surface area (Å²) in [5.41, 5.74) is 9.83. The van der Waals surface area contributed by atoms with Gasteiger partial charge in [0, 0.05) is 0 Å². The summed E-state index contributed by atoms with van der Waals surface area (Å²) < 4.78 is 0. The second kappa shape index (κ2) is 9.30. The van der Waals surface area contributed by atoms with E-state index >= 15 is 0 Å². The minimum absolute atomic E-state index is 0.214. The first-order valence-corrected chi connectivity index (χ1v) is 11.0. The van der Waals surface area contributed by atoms with Crippen LogP contribution in [0.5, 0.6) is 0 Å². The van der Waals surface area contributed by atoms with Crippen molar-refractivity contribution in [1.82, 2.24) is 0 Å². The molecule has 0 aromatic heterocycles. The SMILES string of the molecule is CCC(SC1=N/C(=C/c2ccc(C(C)C)cc2)C(=O)N1c1ccc(C)cc1)C(N)=O. The van der Waals surface area contributed by atoms with Gasteiger partial charge in [0.05, 0.1) is 10.9 Å². The molecule has 0 aliphatic carbocycles. The molecule has 1 heterocycles. The normalized spacial score (nSPS) is 16.3. The summed E-state index contributed by atoms with van der Waals surface area (Å²) in [7, 11) is 0. The quantitative estimate of drug-likeness (QED) is 0.677. The van der Waals surface area contributed by atoms with Crippen LogP contribution in [-0.4, -0.2) is 22.2 Å². The predicted molar refractivity (Wildman–Crippen MR) is 125 cm³/mol. The van der Waals surface area contributed by atoms with E-state index in [1.54, 1.807) is 11.0 Å². The van der Waals surface area contributed by atoms with Crippen LogP contribution < -0.4 is 10.6 Å². The van der Waals surface area contributed by atoms with E-state index in [0.29, 0.717) is 23.2 Å². The second-order valence-corrected chi connectivity index (χ2v) is 8.81. The van der Waals surface area contributed by atoms with Crippen LogP contribution in [0.2, 0.25) is 0 Å². The number of aryl methyl sites for hydroxylation is 1. The fourth-order valence-electron chi connectivity index (χ4n) is 3.10. The molecule has 0 saturated carbocycles. The molecule has 0 saturated heterocycles. The van der Waals surface area contributed by atoms with Crippen molar-refractivity contribution in [2.45, 2.75) is 45.3 Å². The lowest BCUT2D eigenvalue weighted by molar-refractivity contribution is -0.117. The third-order valence-corrected chi connectivity index (χ3v) is 6.30. The van der Waals surface area contributed by atoms with Gasteiger partial charge in [-0.05, 0) is 48.6 Å². The van der Waals surface area contributed by atoms with Crippen LogP contribution in [0.25, 0.3) is 6.08 Å². The first-order chi connectivity index (χ1) is 14.3. The number of carbonyl (C=O) groups excluding carboxylic acids is 2. The predicted octanol–water partition coefficient (Wildman–Crippen LogP) is 4.86. The molecule has 6 heteroatoms. The summed E-state index contributed by atoms with van der Waals surface area (Å²) in [5, 5.41) is 0.0220. The molecule has 2 aromatic carbocycles. The number of hydrogen-bond acceptors (Lipinski definition) is 4. The monoisotopic (exact) mass is 421 g/mol. The van der Waals surface area contributed by atoms with Crippen molar-refractivity contribution in [2.24, 2.45) is 10.7 Å². The summed E-state index contributed by atoms with van der Waals surface area (Å²) in [5.74, 6) is -0.186. The lowest BCUT2D eigenvalue weighted by atomic mass is 10.0. The van der Waals surface area contributed by atoms with Gasteiger partial charge >= 0.3 is 0 Å². The third kappa shape index (κ3) is 4.82. The first kappa shape index (κ1) is 21.8. The van der Waals surface area contributed by atoms with Gasteiger partial charge < -0.3 is 5.73 Å². The molecule has 2 amide bonds.